The zero-order valence-electron chi connectivity index (χ0n) is 22.9. The van der Waals surface area contributed by atoms with E-state index in [1.54, 1.807) is 7.11 Å². The fraction of sp³-hybridized carbons (Fsp3) is 0.250. The molecule has 2 N–H and O–H groups in total. The number of methoxy groups -OCH3 is 1. The van der Waals surface area contributed by atoms with Gasteiger partial charge in [0.25, 0.3) is 0 Å². The molecule has 0 saturated heterocycles. The Morgan fingerprint density at radius 1 is 1.02 bits per heavy atom. The number of aryl methyl sites for hydroxylation is 4. The number of thiocarbonyl (C=S) groups is 1. The van der Waals surface area contributed by atoms with Crippen molar-refractivity contribution in [2.24, 2.45) is 0 Å². The molecule has 3 aromatic carbocycles. The minimum Gasteiger partial charge on any atom is -0.497 e. The van der Waals surface area contributed by atoms with E-state index in [0.29, 0.717) is 11.5 Å². The summed E-state index contributed by atoms with van der Waals surface area (Å²) in [6, 6.07) is 22.9. The highest BCUT2D eigenvalue weighted by Gasteiger charge is 2.29. The number of hydrogen-bond donors (Lipinski definition) is 2. The van der Waals surface area contributed by atoms with Crippen molar-refractivity contribution >= 4 is 50.2 Å². The van der Waals surface area contributed by atoms with Crippen LogP contribution in [0.3, 0.4) is 0 Å². The first-order valence-electron chi connectivity index (χ1n) is 13.6. The highest BCUT2D eigenvalue weighted by atomic mass is 79.9. The SMILES string of the molecule is COc1ccc(NCc2nn3c4c(c(-c5ccc(Br)cc5)c(C(=S)Nc5ccc(C)cc5C)n24)CCCC3)cc1. The fourth-order valence-electron chi connectivity index (χ4n) is 5.60. The van der Waals surface area contributed by atoms with E-state index in [1.165, 1.54) is 22.3 Å². The summed E-state index contributed by atoms with van der Waals surface area (Å²) in [5.74, 6) is 1.76. The van der Waals surface area contributed by atoms with Crippen LogP contribution in [0.15, 0.2) is 71.2 Å². The Kier molecular flexibility index (Phi) is 7.38. The third-order valence-electron chi connectivity index (χ3n) is 7.55. The number of anilines is 2. The monoisotopic (exact) mass is 613 g/mol. The van der Waals surface area contributed by atoms with Crippen LogP contribution in [0.5, 0.6) is 5.75 Å². The van der Waals surface area contributed by atoms with Crippen LogP contribution in [0.2, 0.25) is 0 Å². The lowest BCUT2D eigenvalue weighted by atomic mass is 9.98. The van der Waals surface area contributed by atoms with E-state index in [9.17, 15) is 0 Å². The van der Waals surface area contributed by atoms with Crippen molar-refractivity contribution < 1.29 is 4.74 Å². The second kappa shape index (κ2) is 11.1. The van der Waals surface area contributed by atoms with Gasteiger partial charge in [-0.3, -0.25) is 4.40 Å². The molecule has 1 aliphatic heterocycles. The van der Waals surface area contributed by atoms with E-state index in [-0.39, 0.29) is 0 Å². The number of nitrogens with zero attached hydrogens (tertiary/aromatic N) is 3. The van der Waals surface area contributed by atoms with Crippen molar-refractivity contribution in [1.82, 2.24) is 14.2 Å². The molecule has 40 heavy (non-hydrogen) atoms. The quantitative estimate of drug-likeness (QED) is 0.183. The molecule has 0 unspecified atom stereocenters. The first-order valence-corrected chi connectivity index (χ1v) is 14.8. The third kappa shape index (κ3) is 5.02. The van der Waals surface area contributed by atoms with E-state index in [1.807, 2.05) is 24.3 Å². The molecule has 6 nitrogen and oxygen atoms in total. The fourth-order valence-corrected chi connectivity index (χ4v) is 6.17. The van der Waals surface area contributed by atoms with Gasteiger partial charge in [0.15, 0.2) is 5.82 Å². The van der Waals surface area contributed by atoms with Crippen LogP contribution >= 0.6 is 28.1 Å². The first-order chi connectivity index (χ1) is 19.4. The van der Waals surface area contributed by atoms with Gasteiger partial charge in [-0.2, -0.15) is 5.10 Å². The normalized spacial score (nSPS) is 12.8. The summed E-state index contributed by atoms with van der Waals surface area (Å²) in [4.78, 5) is 0.692. The molecular formula is C32H32BrN5OS. The average molecular weight is 615 g/mol. The van der Waals surface area contributed by atoms with Gasteiger partial charge in [-0.25, -0.2) is 4.68 Å². The summed E-state index contributed by atoms with van der Waals surface area (Å²) >= 11 is 9.82. The van der Waals surface area contributed by atoms with Crippen LogP contribution < -0.4 is 15.4 Å². The molecule has 0 saturated carbocycles. The van der Waals surface area contributed by atoms with Gasteiger partial charge >= 0.3 is 0 Å². The van der Waals surface area contributed by atoms with E-state index >= 15 is 0 Å². The average Bonchev–Trinajstić information content (AvgIpc) is 3.39. The van der Waals surface area contributed by atoms with Crippen LogP contribution in [0, 0.1) is 13.8 Å². The Hall–Kier alpha value is -3.62. The van der Waals surface area contributed by atoms with Gasteiger partial charge in [0.05, 0.1) is 19.3 Å². The van der Waals surface area contributed by atoms with Crippen molar-refractivity contribution in [3.8, 4) is 16.9 Å². The van der Waals surface area contributed by atoms with Crippen LogP contribution in [0.1, 0.15) is 41.1 Å². The van der Waals surface area contributed by atoms with E-state index in [2.05, 4.69) is 92.0 Å². The predicted molar refractivity (Wildman–Crippen MR) is 171 cm³/mol. The van der Waals surface area contributed by atoms with Crippen LogP contribution in [0.25, 0.3) is 16.8 Å². The Bertz CT molecular complexity index is 1700. The van der Waals surface area contributed by atoms with Crippen LogP contribution in [0.4, 0.5) is 11.4 Å². The second-order valence-electron chi connectivity index (χ2n) is 10.3. The third-order valence-corrected chi connectivity index (χ3v) is 8.37. The number of nitrogens with one attached hydrogen (secondary N) is 2. The van der Waals surface area contributed by atoms with Crippen LogP contribution in [-0.2, 0) is 19.5 Å². The van der Waals surface area contributed by atoms with Crippen molar-refractivity contribution in [3.05, 3.63) is 99.4 Å². The Morgan fingerprint density at radius 2 is 1.80 bits per heavy atom. The minimum absolute atomic E-state index is 0.558. The maximum Gasteiger partial charge on any atom is 0.155 e. The lowest BCUT2D eigenvalue weighted by Crippen LogP contribution is -2.17. The molecule has 2 aromatic heterocycles. The number of benzene rings is 3. The van der Waals surface area contributed by atoms with Gasteiger partial charge in [0.2, 0.25) is 0 Å². The summed E-state index contributed by atoms with van der Waals surface area (Å²) in [6.45, 7) is 5.67. The number of rotatable bonds is 7. The first kappa shape index (κ1) is 26.6. The molecular weight excluding hydrogens is 582 g/mol. The lowest BCUT2D eigenvalue weighted by molar-refractivity contribution is 0.415. The topological polar surface area (TPSA) is 55.5 Å². The summed E-state index contributed by atoms with van der Waals surface area (Å²) in [5.41, 5.74) is 10.2. The van der Waals surface area contributed by atoms with E-state index in [4.69, 9.17) is 22.1 Å². The van der Waals surface area contributed by atoms with Gasteiger partial charge in [0, 0.05) is 33.5 Å². The van der Waals surface area contributed by atoms with Gasteiger partial charge in [0.1, 0.15) is 16.4 Å². The second-order valence-corrected chi connectivity index (χ2v) is 11.6. The molecule has 0 aliphatic carbocycles. The number of aromatic nitrogens is 3. The highest BCUT2D eigenvalue weighted by Crippen LogP contribution is 2.38. The van der Waals surface area contributed by atoms with Crippen molar-refractivity contribution in [3.63, 3.8) is 0 Å². The molecule has 0 spiro atoms. The number of ether oxygens (including phenoxy) is 1. The van der Waals surface area contributed by atoms with Gasteiger partial charge in [-0.05, 0) is 86.7 Å². The maximum atomic E-state index is 6.21. The largest absolute Gasteiger partial charge is 0.497 e. The Morgan fingerprint density at radius 3 is 2.52 bits per heavy atom. The molecule has 0 fully saturated rings. The predicted octanol–water partition coefficient (Wildman–Crippen LogP) is 7.93. The molecule has 0 radical (unpaired) electrons. The van der Waals surface area contributed by atoms with Crippen molar-refractivity contribution in [1.29, 1.82) is 0 Å². The van der Waals surface area contributed by atoms with Gasteiger partial charge < -0.3 is 15.4 Å². The molecule has 6 rings (SSSR count). The minimum atomic E-state index is 0.558. The molecule has 5 aromatic rings. The smallest absolute Gasteiger partial charge is 0.155 e. The summed E-state index contributed by atoms with van der Waals surface area (Å²) < 4.78 is 10.8. The molecule has 1 aliphatic rings. The van der Waals surface area contributed by atoms with Gasteiger partial charge in [-0.15, -0.1) is 0 Å². The molecule has 0 atom stereocenters. The Labute approximate surface area is 248 Å². The highest BCUT2D eigenvalue weighted by molar-refractivity contribution is 9.10. The summed E-state index contributed by atoms with van der Waals surface area (Å²) in [6.07, 6.45) is 3.19. The number of hydrogen-bond acceptors (Lipinski definition) is 4. The molecule has 3 heterocycles. The lowest BCUT2D eigenvalue weighted by Gasteiger charge is -2.15. The van der Waals surface area contributed by atoms with E-state index < -0.39 is 0 Å². The number of halogens is 1. The van der Waals surface area contributed by atoms with Gasteiger partial charge in [-0.1, -0.05) is 58.0 Å². The molecule has 8 heteroatoms. The van der Waals surface area contributed by atoms with Crippen molar-refractivity contribution in [2.45, 2.75) is 46.2 Å². The van der Waals surface area contributed by atoms with Crippen molar-refractivity contribution in [2.75, 3.05) is 17.7 Å². The molecule has 0 amide bonds. The standard InChI is InChI=1S/C32H32BrN5OS/c1-20-7-16-27(21(2)18-20)35-31(40)30-29(22-8-10-23(33)11-9-22)26-6-4-5-17-37-32(26)38(30)28(36-37)19-34-24-12-14-25(39-3)15-13-24/h7-16,18,34H,4-6,17,19H2,1-3H3,(H,35,40). The van der Waals surface area contributed by atoms with E-state index in [0.717, 1.165) is 70.1 Å². The Balaban J connectivity index is 1.51. The summed E-state index contributed by atoms with van der Waals surface area (Å²) in [5, 5.41) is 12.3. The maximum absolute atomic E-state index is 6.21. The zero-order chi connectivity index (χ0) is 27.8. The van der Waals surface area contributed by atoms with Crippen LogP contribution in [-0.4, -0.2) is 26.3 Å². The zero-order valence-corrected chi connectivity index (χ0v) is 25.3. The molecule has 204 valence electrons. The summed E-state index contributed by atoms with van der Waals surface area (Å²) in [7, 11) is 1.68. The molecule has 0 bridgehead atoms.